The van der Waals surface area contributed by atoms with E-state index in [1.54, 1.807) is 74.5 Å². The van der Waals surface area contributed by atoms with E-state index in [0.29, 0.717) is 16.9 Å². The molecule has 12 heteroatoms. The molecular formula is C38H34F3N5O4. The summed E-state index contributed by atoms with van der Waals surface area (Å²) in [6, 6.07) is 22.4. The van der Waals surface area contributed by atoms with E-state index in [-0.39, 0.29) is 29.9 Å². The second kappa shape index (κ2) is 13.7. The van der Waals surface area contributed by atoms with Crippen LogP contribution in [-0.4, -0.2) is 40.7 Å². The van der Waals surface area contributed by atoms with Crippen LogP contribution in [0, 0.1) is 17.1 Å². The van der Waals surface area contributed by atoms with Crippen molar-refractivity contribution in [2.24, 2.45) is 0 Å². The van der Waals surface area contributed by atoms with Crippen molar-refractivity contribution in [1.29, 1.82) is 5.26 Å². The van der Waals surface area contributed by atoms with Crippen LogP contribution in [0.25, 0.3) is 0 Å². The number of hydrogen-bond acceptors (Lipinski definition) is 6. The number of anilines is 2. The van der Waals surface area contributed by atoms with Gasteiger partial charge in [-0.1, -0.05) is 48.5 Å². The topological polar surface area (TPSA) is 116 Å². The lowest BCUT2D eigenvalue weighted by molar-refractivity contribution is -0.133. The highest BCUT2D eigenvalue weighted by Crippen LogP contribution is 2.40. The Balaban J connectivity index is 1.48. The summed E-state index contributed by atoms with van der Waals surface area (Å²) in [6.07, 6.45) is 0.231. The predicted octanol–water partition coefficient (Wildman–Crippen LogP) is 6.59. The lowest BCUT2D eigenvalue weighted by Crippen LogP contribution is -2.56. The number of rotatable bonds is 10. The van der Waals surface area contributed by atoms with Crippen molar-refractivity contribution in [3.8, 4) is 11.8 Å². The zero-order valence-corrected chi connectivity index (χ0v) is 27.4. The standard InChI is InChI=1S/C38H34F3N5O4/c1-37(2,50-30-11-7-4-8-12-30)26-18-27(39)20-29(19-26)45(34(25-9-5-3-6-10-25)35(48)44-28-21-38(40,41)22-28)36(49)31-13-14-33(47)46(31)32-17-24(23-42)15-16-43-32/h3-12,15-20,28,31,34H,13-14,21-22H2,1-2H3,(H,44,48)/t31-,34-/m0/s1. The summed E-state index contributed by atoms with van der Waals surface area (Å²) in [5.74, 6) is -4.98. The molecule has 2 atom stereocenters. The van der Waals surface area contributed by atoms with Crippen LogP contribution in [0.15, 0.2) is 97.2 Å². The number of halogens is 3. The zero-order valence-electron chi connectivity index (χ0n) is 27.4. The maximum atomic E-state index is 15.7. The molecule has 1 aliphatic heterocycles. The van der Waals surface area contributed by atoms with Gasteiger partial charge in [-0.2, -0.15) is 5.26 Å². The van der Waals surface area contributed by atoms with Gasteiger partial charge in [0.2, 0.25) is 11.8 Å². The molecule has 256 valence electrons. The third kappa shape index (κ3) is 7.17. The van der Waals surface area contributed by atoms with E-state index in [4.69, 9.17) is 4.74 Å². The van der Waals surface area contributed by atoms with Gasteiger partial charge in [-0.25, -0.2) is 18.2 Å². The van der Waals surface area contributed by atoms with Crippen LogP contribution in [-0.2, 0) is 20.0 Å². The highest BCUT2D eigenvalue weighted by atomic mass is 19.3. The Morgan fingerprint density at radius 2 is 1.72 bits per heavy atom. The Morgan fingerprint density at radius 3 is 2.38 bits per heavy atom. The number of benzene rings is 3. The number of ether oxygens (including phenoxy) is 1. The number of hydrogen-bond donors (Lipinski definition) is 1. The monoisotopic (exact) mass is 681 g/mol. The molecule has 0 spiro atoms. The molecule has 0 bridgehead atoms. The summed E-state index contributed by atoms with van der Waals surface area (Å²) >= 11 is 0. The smallest absolute Gasteiger partial charge is 0.252 e. The van der Waals surface area contributed by atoms with Gasteiger partial charge in [-0.3, -0.25) is 24.2 Å². The number of nitriles is 1. The lowest BCUT2D eigenvalue weighted by Gasteiger charge is -2.39. The minimum absolute atomic E-state index is 0.0179. The van der Waals surface area contributed by atoms with Crippen LogP contribution in [0.5, 0.6) is 5.75 Å². The van der Waals surface area contributed by atoms with Gasteiger partial charge in [-0.15, -0.1) is 0 Å². The number of carbonyl (C=O) groups is 3. The number of para-hydroxylation sites is 1. The number of aromatic nitrogens is 1. The summed E-state index contributed by atoms with van der Waals surface area (Å²) in [6.45, 7) is 3.46. The summed E-state index contributed by atoms with van der Waals surface area (Å²) in [4.78, 5) is 49.0. The number of pyridine rings is 1. The summed E-state index contributed by atoms with van der Waals surface area (Å²) in [7, 11) is 0. The van der Waals surface area contributed by atoms with Crippen LogP contribution >= 0.6 is 0 Å². The van der Waals surface area contributed by atoms with Crippen molar-refractivity contribution in [1.82, 2.24) is 10.3 Å². The van der Waals surface area contributed by atoms with Gasteiger partial charge in [0.1, 0.15) is 35.1 Å². The molecule has 4 aromatic rings. The average molecular weight is 682 g/mol. The van der Waals surface area contributed by atoms with E-state index >= 15 is 4.39 Å². The van der Waals surface area contributed by atoms with Gasteiger partial charge in [0.15, 0.2) is 0 Å². The number of nitrogens with zero attached hydrogens (tertiary/aromatic N) is 4. The SMILES string of the molecule is CC(C)(Oc1ccccc1)c1cc(F)cc(N(C(=O)[C@@H]2CCC(=O)N2c2cc(C#N)ccn2)[C@H](C(=O)NC2CC(F)(F)C2)c2ccccc2)c1. The van der Waals surface area contributed by atoms with E-state index in [9.17, 15) is 28.4 Å². The number of nitrogens with one attached hydrogen (secondary N) is 1. The van der Waals surface area contributed by atoms with E-state index in [1.165, 1.54) is 29.3 Å². The number of amides is 3. The first-order valence-corrected chi connectivity index (χ1v) is 16.1. The van der Waals surface area contributed by atoms with Crippen LogP contribution in [0.1, 0.15) is 62.3 Å². The van der Waals surface area contributed by atoms with Crippen LogP contribution in [0.3, 0.4) is 0 Å². The fraction of sp³-hybridized carbons (Fsp3) is 0.289. The predicted molar refractivity (Wildman–Crippen MR) is 179 cm³/mol. The van der Waals surface area contributed by atoms with Crippen molar-refractivity contribution in [3.05, 3.63) is 120 Å². The molecule has 9 nitrogen and oxygen atoms in total. The van der Waals surface area contributed by atoms with Crippen LogP contribution < -0.4 is 19.9 Å². The summed E-state index contributed by atoms with van der Waals surface area (Å²) in [5, 5.41) is 12.2. The molecule has 3 aromatic carbocycles. The first kappa shape index (κ1) is 34.2. The lowest BCUT2D eigenvalue weighted by atomic mass is 9.87. The van der Waals surface area contributed by atoms with E-state index in [2.05, 4.69) is 10.3 Å². The maximum absolute atomic E-state index is 15.7. The summed E-state index contributed by atoms with van der Waals surface area (Å²) < 4.78 is 49.6. The molecule has 2 heterocycles. The highest BCUT2D eigenvalue weighted by molar-refractivity contribution is 6.10. The second-order valence-electron chi connectivity index (χ2n) is 12.9. The first-order chi connectivity index (χ1) is 23.8. The van der Waals surface area contributed by atoms with E-state index in [0.717, 1.165) is 11.0 Å². The van der Waals surface area contributed by atoms with Gasteiger partial charge in [0, 0.05) is 37.2 Å². The maximum Gasteiger partial charge on any atom is 0.252 e. The van der Waals surface area contributed by atoms with Crippen molar-refractivity contribution < 1.29 is 32.3 Å². The van der Waals surface area contributed by atoms with Crippen LogP contribution in [0.4, 0.5) is 24.7 Å². The van der Waals surface area contributed by atoms with Crippen molar-refractivity contribution in [2.75, 3.05) is 9.80 Å². The number of alkyl halides is 2. The van der Waals surface area contributed by atoms with Gasteiger partial charge in [0.05, 0.1) is 11.6 Å². The fourth-order valence-corrected chi connectivity index (χ4v) is 6.39. The third-order valence-electron chi connectivity index (χ3n) is 8.89. The highest BCUT2D eigenvalue weighted by Gasteiger charge is 2.48. The molecule has 50 heavy (non-hydrogen) atoms. The quantitative estimate of drug-likeness (QED) is 0.202. The van der Waals surface area contributed by atoms with E-state index < -0.39 is 66.0 Å². The van der Waals surface area contributed by atoms with Crippen LogP contribution in [0.2, 0.25) is 0 Å². The molecule has 3 amide bonds. The van der Waals surface area contributed by atoms with E-state index in [1.807, 2.05) is 12.1 Å². The zero-order chi connectivity index (χ0) is 35.6. The van der Waals surface area contributed by atoms with Gasteiger partial charge < -0.3 is 10.1 Å². The second-order valence-corrected chi connectivity index (χ2v) is 12.9. The van der Waals surface area contributed by atoms with Gasteiger partial charge in [0.25, 0.3) is 11.8 Å². The first-order valence-electron chi connectivity index (χ1n) is 16.1. The average Bonchev–Trinajstić information content (AvgIpc) is 3.47. The molecule has 1 aliphatic carbocycles. The molecule has 2 aliphatic rings. The fourth-order valence-electron chi connectivity index (χ4n) is 6.39. The van der Waals surface area contributed by atoms with Gasteiger partial charge >= 0.3 is 0 Å². The molecule has 6 rings (SSSR count). The Bertz CT molecular complexity index is 1940. The molecule has 1 saturated heterocycles. The Morgan fingerprint density at radius 1 is 1.04 bits per heavy atom. The molecule has 1 N–H and O–H groups in total. The Hall–Kier alpha value is -5.70. The molecule has 1 saturated carbocycles. The molecular weight excluding hydrogens is 647 g/mol. The van der Waals surface area contributed by atoms with Gasteiger partial charge in [-0.05, 0) is 73.9 Å². The molecule has 0 unspecified atom stereocenters. The Labute approximate surface area is 287 Å². The van der Waals surface area contributed by atoms with Crippen molar-refractivity contribution >= 4 is 29.2 Å². The van der Waals surface area contributed by atoms with Crippen molar-refractivity contribution in [2.45, 2.75) is 69.2 Å². The summed E-state index contributed by atoms with van der Waals surface area (Å²) in [5.41, 5.74) is -0.271. The Kier molecular flexibility index (Phi) is 9.34. The molecule has 1 aromatic heterocycles. The van der Waals surface area contributed by atoms with Crippen molar-refractivity contribution in [3.63, 3.8) is 0 Å². The normalized spacial score (nSPS) is 17.7. The largest absolute Gasteiger partial charge is 0.483 e. The molecule has 0 radical (unpaired) electrons. The number of carbonyl (C=O) groups excluding carboxylic acids is 3. The third-order valence-corrected chi connectivity index (χ3v) is 8.89. The minimum Gasteiger partial charge on any atom is -0.483 e. The minimum atomic E-state index is -2.92. The molecule has 2 fully saturated rings.